The fourth-order valence-electron chi connectivity index (χ4n) is 1.83. The number of hydrogen-bond acceptors (Lipinski definition) is 2. The van der Waals surface area contributed by atoms with E-state index in [1.165, 1.54) is 5.56 Å². The molecule has 1 N–H and O–H groups in total. The molecule has 80 valence electrons. The molecular weight excluding hydrogens is 210 g/mol. The van der Waals surface area contributed by atoms with E-state index in [1.807, 2.05) is 17.8 Å². The molecule has 0 fully saturated rings. The van der Waals surface area contributed by atoms with Crippen LogP contribution in [0.5, 0.6) is 0 Å². The van der Waals surface area contributed by atoms with Crippen molar-refractivity contribution < 1.29 is 0 Å². The number of hydrogen-bond donors (Lipinski definition) is 1. The van der Waals surface area contributed by atoms with Crippen molar-refractivity contribution >= 4 is 22.5 Å². The van der Waals surface area contributed by atoms with E-state index < -0.39 is 0 Å². The van der Waals surface area contributed by atoms with Crippen molar-refractivity contribution in [2.75, 3.05) is 7.05 Å². The Bertz CT molecular complexity index is 476. The smallest absolute Gasteiger partial charge is 0.159 e. The maximum atomic E-state index is 6.14. The van der Waals surface area contributed by atoms with Crippen molar-refractivity contribution in [3.63, 3.8) is 0 Å². The molecule has 0 atom stereocenters. The first-order chi connectivity index (χ1) is 7.27. The molecule has 2 aromatic rings. The van der Waals surface area contributed by atoms with Crippen LogP contribution in [0.4, 0.5) is 0 Å². The predicted octanol–water partition coefficient (Wildman–Crippen LogP) is 2.43. The van der Waals surface area contributed by atoms with Crippen LogP contribution in [-0.2, 0) is 13.1 Å². The minimum Gasteiger partial charge on any atom is -0.316 e. The van der Waals surface area contributed by atoms with Gasteiger partial charge in [0.15, 0.2) is 5.15 Å². The third kappa shape index (κ3) is 1.73. The van der Waals surface area contributed by atoms with Gasteiger partial charge in [0.2, 0.25) is 0 Å². The summed E-state index contributed by atoms with van der Waals surface area (Å²) >= 11 is 6.14. The van der Waals surface area contributed by atoms with Gasteiger partial charge in [0.1, 0.15) is 0 Å². The summed E-state index contributed by atoms with van der Waals surface area (Å²) in [6.45, 7) is 3.71. The molecule has 0 aliphatic rings. The van der Waals surface area contributed by atoms with E-state index in [0.29, 0.717) is 5.15 Å². The number of rotatable bonds is 3. The molecule has 2 rings (SSSR count). The predicted molar refractivity (Wildman–Crippen MR) is 63.2 cm³/mol. The number of fused-ring (bicyclic) bond motifs is 1. The van der Waals surface area contributed by atoms with Crippen LogP contribution < -0.4 is 5.32 Å². The van der Waals surface area contributed by atoms with Gasteiger partial charge in [-0.1, -0.05) is 23.7 Å². The summed E-state index contributed by atoms with van der Waals surface area (Å²) in [6, 6.07) is 6.17. The normalized spacial score (nSPS) is 11.1. The molecule has 1 aromatic heterocycles. The quantitative estimate of drug-likeness (QED) is 0.866. The van der Waals surface area contributed by atoms with Crippen LogP contribution in [-0.4, -0.2) is 16.8 Å². The Morgan fingerprint density at radius 2 is 2.27 bits per heavy atom. The van der Waals surface area contributed by atoms with Gasteiger partial charge in [0, 0.05) is 18.5 Å². The van der Waals surface area contributed by atoms with Crippen molar-refractivity contribution in [2.24, 2.45) is 0 Å². The minimum absolute atomic E-state index is 0.595. The van der Waals surface area contributed by atoms with Gasteiger partial charge < -0.3 is 5.32 Å². The van der Waals surface area contributed by atoms with Crippen LogP contribution in [0.2, 0.25) is 5.15 Å². The lowest BCUT2D eigenvalue weighted by atomic mass is 10.1. The average Bonchev–Trinajstić information content (AvgIpc) is 2.57. The number of benzene rings is 1. The van der Waals surface area contributed by atoms with E-state index >= 15 is 0 Å². The number of aryl methyl sites for hydroxylation is 1. The van der Waals surface area contributed by atoms with E-state index in [0.717, 1.165) is 24.0 Å². The minimum atomic E-state index is 0.595. The van der Waals surface area contributed by atoms with E-state index in [1.54, 1.807) is 0 Å². The third-order valence-corrected chi connectivity index (χ3v) is 2.75. The highest BCUT2D eigenvalue weighted by Crippen LogP contribution is 2.26. The molecular formula is C11H14ClN3. The summed E-state index contributed by atoms with van der Waals surface area (Å²) in [7, 11) is 1.93. The first kappa shape index (κ1) is 10.5. The first-order valence-corrected chi connectivity index (χ1v) is 5.44. The van der Waals surface area contributed by atoms with Gasteiger partial charge in [-0.25, -0.2) is 0 Å². The molecule has 0 aliphatic heterocycles. The first-order valence-electron chi connectivity index (χ1n) is 5.06. The van der Waals surface area contributed by atoms with E-state index in [9.17, 15) is 0 Å². The average molecular weight is 224 g/mol. The summed E-state index contributed by atoms with van der Waals surface area (Å²) in [5, 5.41) is 9.10. The van der Waals surface area contributed by atoms with Crippen molar-refractivity contribution in [1.29, 1.82) is 0 Å². The second kappa shape index (κ2) is 4.21. The SMILES string of the molecule is CCn1nc(Cl)c2c(CNC)cccc21. The Morgan fingerprint density at radius 3 is 2.93 bits per heavy atom. The van der Waals surface area contributed by atoms with Gasteiger partial charge in [0.25, 0.3) is 0 Å². The van der Waals surface area contributed by atoms with Crippen molar-refractivity contribution in [3.8, 4) is 0 Å². The fraction of sp³-hybridized carbons (Fsp3) is 0.364. The maximum Gasteiger partial charge on any atom is 0.159 e. The van der Waals surface area contributed by atoms with Crippen LogP contribution in [0.3, 0.4) is 0 Å². The second-order valence-electron chi connectivity index (χ2n) is 3.45. The molecule has 0 aliphatic carbocycles. The summed E-state index contributed by atoms with van der Waals surface area (Å²) in [6.07, 6.45) is 0. The lowest BCUT2D eigenvalue weighted by Gasteiger charge is -2.03. The largest absolute Gasteiger partial charge is 0.316 e. The molecule has 4 heteroatoms. The molecule has 1 aromatic carbocycles. The molecule has 3 nitrogen and oxygen atoms in total. The third-order valence-electron chi connectivity index (χ3n) is 2.49. The van der Waals surface area contributed by atoms with Crippen molar-refractivity contribution in [2.45, 2.75) is 20.0 Å². The molecule has 0 saturated heterocycles. The molecule has 0 bridgehead atoms. The topological polar surface area (TPSA) is 29.9 Å². The lowest BCUT2D eigenvalue weighted by Crippen LogP contribution is -2.05. The number of halogens is 1. The Hall–Kier alpha value is -1.06. The van der Waals surface area contributed by atoms with Gasteiger partial charge in [-0.3, -0.25) is 4.68 Å². The summed E-state index contributed by atoms with van der Waals surface area (Å²) in [4.78, 5) is 0. The van der Waals surface area contributed by atoms with Gasteiger partial charge >= 0.3 is 0 Å². The highest BCUT2D eigenvalue weighted by atomic mass is 35.5. The number of aromatic nitrogens is 2. The molecule has 0 radical (unpaired) electrons. The zero-order valence-corrected chi connectivity index (χ0v) is 9.67. The molecule has 1 heterocycles. The number of nitrogens with one attached hydrogen (secondary N) is 1. The van der Waals surface area contributed by atoms with Crippen molar-refractivity contribution in [3.05, 3.63) is 28.9 Å². The van der Waals surface area contributed by atoms with Crippen LogP contribution >= 0.6 is 11.6 Å². The second-order valence-corrected chi connectivity index (χ2v) is 3.81. The molecule has 0 saturated carbocycles. The zero-order valence-electron chi connectivity index (χ0n) is 8.92. The maximum absolute atomic E-state index is 6.14. The van der Waals surface area contributed by atoms with Crippen LogP contribution in [0.25, 0.3) is 10.9 Å². The Labute approximate surface area is 94.0 Å². The molecule has 0 unspecified atom stereocenters. The highest BCUT2D eigenvalue weighted by molar-refractivity contribution is 6.34. The van der Waals surface area contributed by atoms with Gasteiger partial charge in [-0.15, -0.1) is 0 Å². The molecule has 0 amide bonds. The van der Waals surface area contributed by atoms with Crippen LogP contribution in [0, 0.1) is 0 Å². The number of nitrogens with zero attached hydrogens (tertiary/aromatic N) is 2. The lowest BCUT2D eigenvalue weighted by molar-refractivity contribution is 0.684. The Kier molecular flexibility index (Phi) is 2.93. The fourth-order valence-corrected chi connectivity index (χ4v) is 2.14. The Morgan fingerprint density at radius 1 is 1.47 bits per heavy atom. The van der Waals surface area contributed by atoms with Crippen LogP contribution in [0.15, 0.2) is 18.2 Å². The zero-order chi connectivity index (χ0) is 10.8. The van der Waals surface area contributed by atoms with E-state index in [-0.39, 0.29) is 0 Å². The van der Waals surface area contributed by atoms with Gasteiger partial charge in [-0.2, -0.15) is 5.10 Å². The summed E-state index contributed by atoms with van der Waals surface area (Å²) in [5.74, 6) is 0. The van der Waals surface area contributed by atoms with Gasteiger partial charge in [-0.05, 0) is 25.6 Å². The van der Waals surface area contributed by atoms with Crippen molar-refractivity contribution in [1.82, 2.24) is 15.1 Å². The highest BCUT2D eigenvalue weighted by Gasteiger charge is 2.10. The standard InChI is InChI=1S/C11H14ClN3/c1-3-15-9-6-4-5-8(7-13-2)10(9)11(12)14-15/h4-6,13H,3,7H2,1-2H3. The summed E-state index contributed by atoms with van der Waals surface area (Å²) < 4.78 is 1.93. The Balaban J connectivity index is 2.68. The molecule has 0 spiro atoms. The van der Waals surface area contributed by atoms with E-state index in [4.69, 9.17) is 11.6 Å². The van der Waals surface area contributed by atoms with Crippen LogP contribution in [0.1, 0.15) is 12.5 Å². The van der Waals surface area contributed by atoms with E-state index in [2.05, 4.69) is 29.5 Å². The summed E-state index contributed by atoms with van der Waals surface area (Å²) in [5.41, 5.74) is 2.30. The molecule has 15 heavy (non-hydrogen) atoms. The van der Waals surface area contributed by atoms with Gasteiger partial charge in [0.05, 0.1) is 5.52 Å². The monoisotopic (exact) mass is 223 g/mol.